The lowest BCUT2D eigenvalue weighted by molar-refractivity contribution is 0.0940. The van der Waals surface area contributed by atoms with Crippen LogP contribution in [0.2, 0.25) is 0 Å². The summed E-state index contributed by atoms with van der Waals surface area (Å²) < 4.78 is 18.2. The monoisotopic (exact) mass is 379 g/mol. The van der Waals surface area contributed by atoms with Crippen LogP contribution in [0, 0.1) is 0 Å². The molecule has 1 aromatic heterocycles. The summed E-state index contributed by atoms with van der Waals surface area (Å²) in [5.41, 5.74) is 1.40. The van der Waals surface area contributed by atoms with E-state index in [1.807, 2.05) is 42.1 Å². The van der Waals surface area contributed by atoms with Gasteiger partial charge in [0.05, 0.1) is 7.11 Å². The van der Waals surface area contributed by atoms with Crippen molar-refractivity contribution in [3.8, 4) is 17.2 Å². The highest BCUT2D eigenvalue weighted by atomic mass is 16.6. The molecule has 1 aliphatic rings. The minimum Gasteiger partial charge on any atom is -0.497 e. The zero-order valence-electron chi connectivity index (χ0n) is 15.7. The van der Waals surface area contributed by atoms with Crippen molar-refractivity contribution in [1.82, 2.24) is 14.9 Å². The van der Waals surface area contributed by atoms with Crippen LogP contribution in [0.25, 0.3) is 0 Å². The van der Waals surface area contributed by atoms with Gasteiger partial charge in [-0.3, -0.25) is 4.79 Å². The maximum absolute atomic E-state index is 13.0. The van der Waals surface area contributed by atoms with E-state index in [9.17, 15) is 4.79 Å². The minimum absolute atomic E-state index is 0.221. The van der Waals surface area contributed by atoms with E-state index in [4.69, 9.17) is 14.2 Å². The van der Waals surface area contributed by atoms with Crippen LogP contribution in [0.5, 0.6) is 17.2 Å². The zero-order chi connectivity index (χ0) is 19.5. The third-order valence-corrected chi connectivity index (χ3v) is 4.65. The van der Waals surface area contributed by atoms with Crippen LogP contribution in [-0.4, -0.2) is 35.8 Å². The summed E-state index contributed by atoms with van der Waals surface area (Å²) in [6.45, 7) is 0.983. The predicted molar refractivity (Wildman–Crippen MR) is 103 cm³/mol. The van der Waals surface area contributed by atoms with Gasteiger partial charge in [0.2, 0.25) is 0 Å². The van der Waals surface area contributed by atoms with Gasteiger partial charge in [0.1, 0.15) is 30.8 Å². The molecule has 3 aromatic rings. The number of aromatic nitrogens is 2. The van der Waals surface area contributed by atoms with Gasteiger partial charge in [-0.15, -0.1) is 0 Å². The molecule has 1 aliphatic heterocycles. The summed E-state index contributed by atoms with van der Waals surface area (Å²) in [6.07, 6.45) is 3.56. The quantitative estimate of drug-likeness (QED) is 0.738. The summed E-state index contributed by atoms with van der Waals surface area (Å²) in [5, 5.41) is 3.08. The molecule has 0 radical (unpaired) electrons. The Balaban J connectivity index is 1.63. The van der Waals surface area contributed by atoms with Crippen LogP contribution in [-0.2, 0) is 7.05 Å². The fourth-order valence-electron chi connectivity index (χ4n) is 3.15. The molecule has 1 N–H and O–H groups in total. The molecule has 0 fully saturated rings. The fraction of sp³-hybridized carbons (Fsp3) is 0.238. The van der Waals surface area contributed by atoms with E-state index in [1.54, 1.807) is 31.5 Å². The van der Waals surface area contributed by atoms with Crippen LogP contribution in [0.15, 0.2) is 54.9 Å². The number of imidazole rings is 1. The Morgan fingerprint density at radius 3 is 2.57 bits per heavy atom. The van der Waals surface area contributed by atoms with Crippen molar-refractivity contribution in [2.24, 2.45) is 7.05 Å². The van der Waals surface area contributed by atoms with Crippen molar-refractivity contribution in [1.29, 1.82) is 0 Å². The molecule has 7 nitrogen and oxygen atoms in total. The summed E-state index contributed by atoms with van der Waals surface area (Å²) in [6, 6.07) is 12.3. The van der Waals surface area contributed by atoms with Gasteiger partial charge in [-0.1, -0.05) is 12.1 Å². The highest BCUT2D eigenvalue weighted by Crippen LogP contribution is 2.31. The summed E-state index contributed by atoms with van der Waals surface area (Å²) in [7, 11) is 3.52. The Kier molecular flexibility index (Phi) is 4.89. The lowest BCUT2D eigenvalue weighted by Crippen LogP contribution is -2.31. The number of aryl methyl sites for hydroxylation is 1. The lowest BCUT2D eigenvalue weighted by atomic mass is 10.0. The first-order valence-corrected chi connectivity index (χ1v) is 8.97. The van der Waals surface area contributed by atoms with E-state index in [0.717, 1.165) is 17.1 Å². The van der Waals surface area contributed by atoms with Crippen molar-refractivity contribution >= 4 is 5.91 Å². The van der Waals surface area contributed by atoms with Gasteiger partial charge in [0.25, 0.3) is 5.91 Å². The molecule has 0 bridgehead atoms. The number of carbonyl (C=O) groups excluding carboxylic acids is 1. The average Bonchev–Trinajstić information content (AvgIpc) is 3.17. The number of hydrogen-bond acceptors (Lipinski definition) is 5. The normalized spacial score (nSPS) is 13.6. The fourth-order valence-corrected chi connectivity index (χ4v) is 3.15. The minimum atomic E-state index is -0.411. The molecule has 0 spiro atoms. The van der Waals surface area contributed by atoms with E-state index in [-0.39, 0.29) is 5.91 Å². The van der Waals surface area contributed by atoms with E-state index in [1.165, 1.54) is 0 Å². The number of nitrogens with one attached hydrogen (secondary N) is 1. The van der Waals surface area contributed by atoms with E-state index in [2.05, 4.69) is 10.3 Å². The van der Waals surface area contributed by atoms with Gasteiger partial charge >= 0.3 is 0 Å². The average molecular weight is 379 g/mol. The van der Waals surface area contributed by atoms with Gasteiger partial charge in [-0.05, 0) is 35.9 Å². The van der Waals surface area contributed by atoms with Crippen LogP contribution < -0.4 is 19.5 Å². The number of fused-ring (bicyclic) bond motifs is 1. The Morgan fingerprint density at radius 1 is 1.14 bits per heavy atom. The van der Waals surface area contributed by atoms with Crippen molar-refractivity contribution in [3.63, 3.8) is 0 Å². The molecule has 7 heteroatoms. The second kappa shape index (κ2) is 7.64. The molecule has 28 heavy (non-hydrogen) atoms. The lowest BCUT2D eigenvalue weighted by Gasteiger charge is -2.21. The first kappa shape index (κ1) is 17.9. The number of amides is 1. The molecular formula is C21H21N3O4. The molecular weight excluding hydrogens is 358 g/mol. The van der Waals surface area contributed by atoms with Crippen LogP contribution >= 0.6 is 0 Å². The molecule has 1 unspecified atom stereocenters. The van der Waals surface area contributed by atoms with Crippen molar-refractivity contribution in [2.45, 2.75) is 6.04 Å². The first-order chi connectivity index (χ1) is 13.7. The molecule has 2 heterocycles. The second-order valence-corrected chi connectivity index (χ2v) is 6.43. The van der Waals surface area contributed by atoms with Crippen molar-refractivity contribution in [3.05, 3.63) is 71.8 Å². The van der Waals surface area contributed by atoms with E-state index < -0.39 is 6.04 Å². The number of carbonyl (C=O) groups is 1. The molecule has 144 valence electrons. The van der Waals surface area contributed by atoms with Gasteiger partial charge < -0.3 is 24.1 Å². The first-order valence-electron chi connectivity index (χ1n) is 8.97. The van der Waals surface area contributed by atoms with Crippen LogP contribution in [0.4, 0.5) is 0 Å². The van der Waals surface area contributed by atoms with Gasteiger partial charge in [0.15, 0.2) is 11.5 Å². The van der Waals surface area contributed by atoms with E-state index in [0.29, 0.717) is 30.3 Å². The SMILES string of the molecule is COc1ccc(C(NC(=O)c2ccc3c(c2)OCCO3)c2nccn2C)cc1. The molecule has 0 saturated heterocycles. The summed E-state index contributed by atoms with van der Waals surface area (Å²) >= 11 is 0. The second-order valence-electron chi connectivity index (χ2n) is 6.43. The van der Waals surface area contributed by atoms with Crippen LogP contribution in [0.1, 0.15) is 27.8 Å². The Hall–Kier alpha value is -3.48. The Morgan fingerprint density at radius 2 is 1.89 bits per heavy atom. The van der Waals surface area contributed by atoms with Gasteiger partial charge in [0, 0.05) is 25.0 Å². The Labute approximate surface area is 162 Å². The Bertz CT molecular complexity index is 982. The maximum atomic E-state index is 13.0. The van der Waals surface area contributed by atoms with E-state index >= 15 is 0 Å². The highest BCUT2D eigenvalue weighted by Gasteiger charge is 2.23. The van der Waals surface area contributed by atoms with Gasteiger partial charge in [-0.2, -0.15) is 0 Å². The highest BCUT2D eigenvalue weighted by molar-refractivity contribution is 5.95. The molecule has 1 amide bonds. The topological polar surface area (TPSA) is 74.6 Å². The van der Waals surface area contributed by atoms with Crippen LogP contribution in [0.3, 0.4) is 0 Å². The molecule has 1 atom stereocenters. The molecule has 4 rings (SSSR count). The number of methoxy groups -OCH3 is 1. The van der Waals surface area contributed by atoms with Crippen molar-refractivity contribution < 1.29 is 19.0 Å². The standard InChI is InChI=1S/C21H21N3O4/c1-24-10-9-22-20(24)19(14-3-6-16(26-2)7-4-14)23-21(25)15-5-8-17-18(13-15)28-12-11-27-17/h3-10,13,19H,11-12H2,1-2H3,(H,23,25). The third kappa shape index (κ3) is 3.51. The number of hydrogen-bond donors (Lipinski definition) is 1. The summed E-state index contributed by atoms with van der Waals surface area (Å²) in [5.74, 6) is 2.49. The smallest absolute Gasteiger partial charge is 0.252 e. The number of benzene rings is 2. The van der Waals surface area contributed by atoms with Gasteiger partial charge in [-0.25, -0.2) is 4.98 Å². The molecule has 0 saturated carbocycles. The number of ether oxygens (including phenoxy) is 3. The molecule has 0 aliphatic carbocycles. The number of rotatable bonds is 5. The molecule has 2 aromatic carbocycles. The number of nitrogens with zero attached hydrogens (tertiary/aromatic N) is 2. The predicted octanol–water partition coefficient (Wildman–Crippen LogP) is 2.72. The maximum Gasteiger partial charge on any atom is 0.252 e. The van der Waals surface area contributed by atoms with Crippen molar-refractivity contribution in [2.75, 3.05) is 20.3 Å². The zero-order valence-corrected chi connectivity index (χ0v) is 15.7. The summed E-state index contributed by atoms with van der Waals surface area (Å²) in [4.78, 5) is 17.4. The third-order valence-electron chi connectivity index (χ3n) is 4.65. The largest absolute Gasteiger partial charge is 0.497 e.